The lowest BCUT2D eigenvalue weighted by molar-refractivity contribution is 0.135. The molecule has 3 unspecified atom stereocenters. The van der Waals surface area contributed by atoms with Crippen LogP contribution in [0, 0.1) is 0 Å². The van der Waals surface area contributed by atoms with Crippen molar-refractivity contribution in [2.45, 2.75) is 44.4 Å². The van der Waals surface area contributed by atoms with Gasteiger partial charge >= 0.3 is 0 Å². The minimum Gasteiger partial charge on any atom is -0.381 e. The first-order valence-corrected chi connectivity index (χ1v) is 7.89. The molecule has 0 aromatic rings. The first kappa shape index (κ1) is 13.3. The van der Waals surface area contributed by atoms with Gasteiger partial charge in [0, 0.05) is 32.3 Å². The third-order valence-electron chi connectivity index (χ3n) is 3.73. The van der Waals surface area contributed by atoms with Gasteiger partial charge < -0.3 is 10.1 Å². The maximum absolute atomic E-state index is 12.2. The summed E-state index contributed by atoms with van der Waals surface area (Å²) in [6, 6.07) is 0.857. The molecule has 2 aliphatic heterocycles. The van der Waals surface area contributed by atoms with Crippen LogP contribution in [0.1, 0.15) is 26.2 Å². The second-order valence-corrected chi connectivity index (χ2v) is 7.12. The SMILES string of the molecule is COC(C)CS(=O)(=O)N1CCC2CCC(C1)N2. The van der Waals surface area contributed by atoms with Gasteiger partial charge in [-0.3, -0.25) is 0 Å². The van der Waals surface area contributed by atoms with Crippen LogP contribution in [0.15, 0.2) is 0 Å². The minimum atomic E-state index is -3.17. The summed E-state index contributed by atoms with van der Waals surface area (Å²) in [6.07, 6.45) is 2.97. The average Bonchev–Trinajstić information content (AvgIpc) is 2.56. The molecule has 5 nitrogen and oxygen atoms in total. The molecule has 6 heteroatoms. The van der Waals surface area contributed by atoms with Crippen LogP contribution in [-0.4, -0.2) is 56.9 Å². The number of nitrogens with one attached hydrogen (secondary N) is 1. The number of sulfonamides is 1. The quantitative estimate of drug-likeness (QED) is 0.785. The fourth-order valence-corrected chi connectivity index (χ4v) is 4.36. The molecule has 2 bridgehead atoms. The molecule has 2 heterocycles. The molecule has 0 aliphatic carbocycles. The zero-order valence-corrected chi connectivity index (χ0v) is 11.4. The van der Waals surface area contributed by atoms with E-state index in [-0.39, 0.29) is 11.9 Å². The molecule has 2 fully saturated rings. The number of nitrogens with zero attached hydrogens (tertiary/aromatic N) is 1. The third kappa shape index (κ3) is 3.19. The Morgan fingerprint density at radius 3 is 2.76 bits per heavy atom. The standard InChI is InChI=1S/C11H22N2O3S/c1-9(16-2)8-17(14,15)13-6-5-10-3-4-11(7-13)12-10/h9-12H,3-8H2,1-2H3. The Balaban J connectivity index is 2.01. The van der Waals surface area contributed by atoms with E-state index in [1.165, 1.54) is 6.42 Å². The predicted molar refractivity (Wildman–Crippen MR) is 66.4 cm³/mol. The summed E-state index contributed by atoms with van der Waals surface area (Å²) in [7, 11) is -1.62. The summed E-state index contributed by atoms with van der Waals surface area (Å²) in [6.45, 7) is 3.06. The van der Waals surface area contributed by atoms with Crippen LogP contribution in [0.25, 0.3) is 0 Å². The van der Waals surface area contributed by atoms with Crippen molar-refractivity contribution < 1.29 is 13.2 Å². The van der Waals surface area contributed by atoms with Gasteiger partial charge in [0.15, 0.2) is 0 Å². The molecule has 3 atom stereocenters. The van der Waals surface area contributed by atoms with Gasteiger partial charge in [0.05, 0.1) is 11.9 Å². The van der Waals surface area contributed by atoms with Crippen molar-refractivity contribution in [1.82, 2.24) is 9.62 Å². The highest BCUT2D eigenvalue weighted by Gasteiger charge is 2.34. The molecule has 2 saturated heterocycles. The highest BCUT2D eigenvalue weighted by atomic mass is 32.2. The van der Waals surface area contributed by atoms with E-state index >= 15 is 0 Å². The molecule has 0 radical (unpaired) electrons. The van der Waals surface area contributed by atoms with E-state index in [0.29, 0.717) is 25.2 Å². The highest BCUT2D eigenvalue weighted by molar-refractivity contribution is 7.89. The van der Waals surface area contributed by atoms with E-state index in [2.05, 4.69) is 5.32 Å². The van der Waals surface area contributed by atoms with Crippen LogP contribution in [-0.2, 0) is 14.8 Å². The van der Waals surface area contributed by atoms with E-state index in [1.54, 1.807) is 18.3 Å². The lowest BCUT2D eigenvalue weighted by Crippen LogP contribution is -2.42. The van der Waals surface area contributed by atoms with Crippen molar-refractivity contribution in [1.29, 1.82) is 0 Å². The maximum Gasteiger partial charge on any atom is 0.216 e. The highest BCUT2D eigenvalue weighted by Crippen LogP contribution is 2.22. The summed E-state index contributed by atoms with van der Waals surface area (Å²) in [5.74, 6) is 0.0842. The van der Waals surface area contributed by atoms with Crippen molar-refractivity contribution >= 4 is 10.0 Å². The van der Waals surface area contributed by atoms with Crippen molar-refractivity contribution in [2.24, 2.45) is 0 Å². The number of rotatable bonds is 4. The molecule has 0 aromatic carbocycles. The normalized spacial score (nSPS) is 32.4. The molecule has 0 saturated carbocycles. The van der Waals surface area contributed by atoms with Crippen LogP contribution >= 0.6 is 0 Å². The van der Waals surface area contributed by atoms with Gasteiger partial charge in [-0.25, -0.2) is 12.7 Å². The van der Waals surface area contributed by atoms with Gasteiger partial charge in [0.25, 0.3) is 0 Å². The first-order valence-electron chi connectivity index (χ1n) is 6.28. The van der Waals surface area contributed by atoms with Crippen molar-refractivity contribution in [3.8, 4) is 0 Å². The van der Waals surface area contributed by atoms with Gasteiger partial charge in [-0.15, -0.1) is 0 Å². The number of hydrogen-bond acceptors (Lipinski definition) is 4. The molecule has 1 N–H and O–H groups in total. The van der Waals surface area contributed by atoms with Gasteiger partial charge in [-0.05, 0) is 26.2 Å². The van der Waals surface area contributed by atoms with Crippen molar-refractivity contribution in [3.63, 3.8) is 0 Å². The summed E-state index contributed by atoms with van der Waals surface area (Å²) in [5, 5.41) is 3.48. The summed E-state index contributed by atoms with van der Waals surface area (Å²) in [5.41, 5.74) is 0. The molecule has 0 spiro atoms. The topological polar surface area (TPSA) is 58.6 Å². The minimum absolute atomic E-state index is 0.0842. The Morgan fingerprint density at radius 2 is 2.06 bits per heavy atom. The van der Waals surface area contributed by atoms with Gasteiger partial charge in [0.1, 0.15) is 0 Å². The van der Waals surface area contributed by atoms with Crippen molar-refractivity contribution in [2.75, 3.05) is 26.0 Å². The Morgan fingerprint density at radius 1 is 1.35 bits per heavy atom. The van der Waals surface area contributed by atoms with E-state index in [4.69, 9.17) is 4.74 Å². The second-order valence-electron chi connectivity index (χ2n) is 5.11. The largest absolute Gasteiger partial charge is 0.381 e. The zero-order valence-electron chi connectivity index (χ0n) is 10.6. The van der Waals surface area contributed by atoms with E-state index < -0.39 is 10.0 Å². The lowest BCUT2D eigenvalue weighted by atomic mass is 10.1. The van der Waals surface area contributed by atoms with Gasteiger partial charge in [0.2, 0.25) is 10.0 Å². The molecule has 17 heavy (non-hydrogen) atoms. The molecule has 100 valence electrons. The molecule has 0 amide bonds. The summed E-state index contributed by atoms with van der Waals surface area (Å²) < 4.78 is 31.1. The van der Waals surface area contributed by atoms with Gasteiger partial charge in [-0.2, -0.15) is 0 Å². The van der Waals surface area contributed by atoms with E-state index in [9.17, 15) is 8.42 Å². The zero-order chi connectivity index (χ0) is 12.5. The lowest BCUT2D eigenvalue weighted by Gasteiger charge is -2.24. The molecular formula is C11H22N2O3S. The number of hydrogen-bond donors (Lipinski definition) is 1. The van der Waals surface area contributed by atoms with Crippen LogP contribution < -0.4 is 5.32 Å². The smallest absolute Gasteiger partial charge is 0.216 e. The number of methoxy groups -OCH3 is 1. The van der Waals surface area contributed by atoms with Crippen molar-refractivity contribution in [3.05, 3.63) is 0 Å². The monoisotopic (exact) mass is 262 g/mol. The molecule has 2 aliphatic rings. The molecule has 2 rings (SSSR count). The van der Waals surface area contributed by atoms with E-state index in [0.717, 1.165) is 12.8 Å². The Bertz CT molecular complexity index is 358. The fraction of sp³-hybridized carbons (Fsp3) is 1.00. The molecular weight excluding hydrogens is 240 g/mol. The summed E-state index contributed by atoms with van der Waals surface area (Å²) >= 11 is 0. The van der Waals surface area contributed by atoms with Crippen LogP contribution in [0.2, 0.25) is 0 Å². The maximum atomic E-state index is 12.2. The Hall–Kier alpha value is -0.170. The first-order chi connectivity index (χ1) is 8.01. The summed E-state index contributed by atoms with van der Waals surface area (Å²) in [4.78, 5) is 0. The fourth-order valence-electron chi connectivity index (χ4n) is 2.63. The van der Waals surface area contributed by atoms with Crippen LogP contribution in [0.5, 0.6) is 0 Å². The van der Waals surface area contributed by atoms with E-state index in [1.807, 2.05) is 0 Å². The predicted octanol–water partition coefficient (Wildman–Crippen LogP) is 0.177. The Labute approximate surface area is 104 Å². The Kier molecular flexibility index (Phi) is 4.07. The number of fused-ring (bicyclic) bond motifs is 2. The molecule has 0 aromatic heterocycles. The third-order valence-corrected chi connectivity index (χ3v) is 5.74. The van der Waals surface area contributed by atoms with Crippen LogP contribution in [0.3, 0.4) is 0 Å². The van der Waals surface area contributed by atoms with Gasteiger partial charge in [-0.1, -0.05) is 0 Å². The second kappa shape index (κ2) is 5.22. The van der Waals surface area contributed by atoms with Crippen LogP contribution in [0.4, 0.5) is 0 Å². The number of ether oxygens (including phenoxy) is 1. The average molecular weight is 262 g/mol.